The summed E-state index contributed by atoms with van der Waals surface area (Å²) in [5.74, 6) is -0.469. The number of benzene rings is 1. The number of ether oxygens (including phenoxy) is 3. The third-order valence-corrected chi connectivity index (χ3v) is 6.24. The zero-order valence-corrected chi connectivity index (χ0v) is 16.7. The molecule has 2 fully saturated rings. The molecule has 8 nitrogen and oxygen atoms in total. The van der Waals surface area contributed by atoms with E-state index in [1.807, 2.05) is 19.9 Å². The van der Waals surface area contributed by atoms with Crippen LogP contribution >= 0.6 is 0 Å². The number of carboxylic acids is 1. The van der Waals surface area contributed by atoms with E-state index in [4.69, 9.17) is 19.3 Å². The van der Waals surface area contributed by atoms with Crippen LogP contribution in [0.2, 0.25) is 0 Å². The quantitative estimate of drug-likeness (QED) is 0.790. The number of hydrogen-bond acceptors (Lipinski definition) is 6. The molecule has 0 bridgehead atoms. The van der Waals surface area contributed by atoms with E-state index >= 15 is 0 Å². The normalized spacial score (nSPS) is 29.8. The lowest BCUT2D eigenvalue weighted by Gasteiger charge is -2.54. The van der Waals surface area contributed by atoms with Crippen LogP contribution in [0.3, 0.4) is 0 Å². The fourth-order valence-electron chi connectivity index (χ4n) is 4.89. The topological polar surface area (TPSA) is 106 Å². The monoisotopic (exact) mass is 405 g/mol. The number of carbonyl (C=O) groups is 2. The highest BCUT2D eigenvalue weighted by Crippen LogP contribution is 2.52. The first-order valence-electron chi connectivity index (χ1n) is 10.0. The molecule has 0 aromatic heterocycles. The number of carbonyl (C=O) groups excluding carboxylic acids is 1. The standard InChI is InChI=1S/C21H27NO7/c1-21(2)14-9-15-16(4-3-7-22(15)18(24)10-27-11-19(25)26)28-20(14)13-6-5-12(23)8-17(13)29-21/h5-6,8,14-16,20,23H,3-4,7,9-11H2,1-2H3,(H,25,26)/t14-,15-,16-,20+/m0/s1. The van der Waals surface area contributed by atoms with Crippen LogP contribution in [-0.4, -0.2) is 64.5 Å². The molecule has 1 amide bonds. The average Bonchev–Trinajstić information content (AvgIpc) is 2.65. The van der Waals surface area contributed by atoms with Crippen molar-refractivity contribution in [2.75, 3.05) is 19.8 Å². The number of nitrogens with zero attached hydrogens (tertiary/aromatic N) is 1. The second-order valence-electron chi connectivity index (χ2n) is 8.55. The van der Waals surface area contributed by atoms with Crippen molar-refractivity contribution in [1.29, 1.82) is 0 Å². The lowest BCUT2D eigenvalue weighted by atomic mass is 9.72. The van der Waals surface area contributed by atoms with Crippen molar-refractivity contribution in [2.24, 2.45) is 5.92 Å². The Morgan fingerprint density at radius 3 is 2.86 bits per heavy atom. The molecule has 3 aliphatic rings. The van der Waals surface area contributed by atoms with E-state index in [-0.39, 0.29) is 42.4 Å². The van der Waals surface area contributed by atoms with Crippen LogP contribution in [0, 0.1) is 5.92 Å². The highest BCUT2D eigenvalue weighted by molar-refractivity contribution is 5.78. The summed E-state index contributed by atoms with van der Waals surface area (Å²) in [5, 5.41) is 18.5. The molecule has 158 valence electrons. The van der Waals surface area contributed by atoms with E-state index in [1.54, 1.807) is 17.0 Å². The van der Waals surface area contributed by atoms with Crippen molar-refractivity contribution in [3.05, 3.63) is 23.8 Å². The second-order valence-corrected chi connectivity index (χ2v) is 8.55. The fraction of sp³-hybridized carbons (Fsp3) is 0.619. The minimum atomic E-state index is -1.09. The number of amides is 1. The first kappa shape index (κ1) is 20.0. The molecule has 2 saturated heterocycles. The number of fused-ring (bicyclic) bond motifs is 4. The van der Waals surface area contributed by atoms with Gasteiger partial charge in [-0.3, -0.25) is 4.79 Å². The van der Waals surface area contributed by atoms with Gasteiger partial charge >= 0.3 is 5.97 Å². The lowest BCUT2D eigenvalue weighted by molar-refractivity contribution is -0.194. The summed E-state index contributed by atoms with van der Waals surface area (Å²) in [6, 6.07) is 5.03. The third-order valence-electron chi connectivity index (χ3n) is 6.24. The van der Waals surface area contributed by atoms with Gasteiger partial charge in [0.25, 0.3) is 0 Å². The number of phenols is 1. The Balaban J connectivity index is 1.55. The molecule has 3 heterocycles. The molecule has 0 aliphatic carbocycles. The number of aliphatic carboxylic acids is 1. The zero-order valence-electron chi connectivity index (χ0n) is 16.7. The maximum atomic E-state index is 12.7. The molecule has 0 unspecified atom stereocenters. The van der Waals surface area contributed by atoms with Crippen molar-refractivity contribution in [1.82, 2.24) is 4.90 Å². The van der Waals surface area contributed by atoms with E-state index in [1.165, 1.54) is 0 Å². The Bertz CT molecular complexity index is 808. The summed E-state index contributed by atoms with van der Waals surface area (Å²) in [7, 11) is 0. The third kappa shape index (κ3) is 3.79. The van der Waals surface area contributed by atoms with Gasteiger partial charge in [0.15, 0.2) is 0 Å². The van der Waals surface area contributed by atoms with Gasteiger partial charge in [-0.15, -0.1) is 0 Å². The lowest BCUT2D eigenvalue weighted by Crippen LogP contribution is -2.60. The Morgan fingerprint density at radius 2 is 2.10 bits per heavy atom. The van der Waals surface area contributed by atoms with Gasteiger partial charge in [0.05, 0.1) is 18.2 Å². The fourth-order valence-corrected chi connectivity index (χ4v) is 4.89. The Labute approximate surface area is 169 Å². The molecule has 0 saturated carbocycles. The second kappa shape index (κ2) is 7.50. The molecule has 4 atom stereocenters. The summed E-state index contributed by atoms with van der Waals surface area (Å²) in [4.78, 5) is 25.1. The van der Waals surface area contributed by atoms with Crippen LogP contribution in [0.1, 0.15) is 44.8 Å². The number of phenolic OH excluding ortho intramolecular Hbond substituents is 1. The number of rotatable bonds is 4. The summed E-state index contributed by atoms with van der Waals surface area (Å²) in [6.07, 6.45) is 2.17. The van der Waals surface area contributed by atoms with Crippen LogP contribution in [0.5, 0.6) is 11.5 Å². The predicted octanol–water partition coefficient (Wildman–Crippen LogP) is 2.10. The van der Waals surface area contributed by atoms with E-state index in [2.05, 4.69) is 0 Å². The molecular weight excluding hydrogens is 378 g/mol. The maximum absolute atomic E-state index is 12.7. The molecule has 1 aromatic carbocycles. The Kier molecular flexibility index (Phi) is 5.16. The summed E-state index contributed by atoms with van der Waals surface area (Å²) in [5.41, 5.74) is 0.404. The van der Waals surface area contributed by atoms with E-state index in [9.17, 15) is 14.7 Å². The largest absolute Gasteiger partial charge is 0.508 e. The summed E-state index contributed by atoms with van der Waals surface area (Å²) in [6.45, 7) is 3.90. The molecule has 4 rings (SSSR count). The minimum Gasteiger partial charge on any atom is -0.508 e. The highest BCUT2D eigenvalue weighted by Gasteiger charge is 2.52. The van der Waals surface area contributed by atoms with Gasteiger partial charge in [-0.05, 0) is 45.2 Å². The zero-order chi connectivity index (χ0) is 20.8. The first-order valence-corrected chi connectivity index (χ1v) is 10.0. The van der Waals surface area contributed by atoms with Crippen LogP contribution in [0.4, 0.5) is 0 Å². The average molecular weight is 405 g/mol. The van der Waals surface area contributed by atoms with Gasteiger partial charge in [-0.25, -0.2) is 4.79 Å². The van der Waals surface area contributed by atoms with Gasteiger partial charge in [-0.1, -0.05) is 0 Å². The maximum Gasteiger partial charge on any atom is 0.329 e. The SMILES string of the molecule is CC1(C)Oc2cc(O)ccc2[C@H]2O[C@H]3CCCN(C(=O)COCC(=O)O)[C@H]3C[C@@H]21. The van der Waals surface area contributed by atoms with Gasteiger partial charge < -0.3 is 29.3 Å². The molecule has 8 heteroatoms. The molecular formula is C21H27NO7. The van der Waals surface area contributed by atoms with Crippen molar-refractivity contribution >= 4 is 11.9 Å². The number of likely N-dealkylation sites (tertiary alicyclic amines) is 1. The van der Waals surface area contributed by atoms with Gasteiger partial charge in [0.2, 0.25) is 5.91 Å². The summed E-state index contributed by atoms with van der Waals surface area (Å²) < 4.78 is 17.7. The molecule has 0 spiro atoms. The van der Waals surface area contributed by atoms with Crippen LogP contribution in [-0.2, 0) is 19.1 Å². The van der Waals surface area contributed by atoms with Crippen molar-refractivity contribution in [2.45, 2.75) is 57.0 Å². The van der Waals surface area contributed by atoms with Crippen LogP contribution in [0.15, 0.2) is 18.2 Å². The van der Waals surface area contributed by atoms with Crippen molar-refractivity contribution in [3.8, 4) is 11.5 Å². The predicted molar refractivity (Wildman–Crippen MR) is 102 cm³/mol. The molecule has 1 aromatic rings. The molecule has 0 radical (unpaired) electrons. The van der Waals surface area contributed by atoms with Crippen molar-refractivity contribution < 1.29 is 34.0 Å². The van der Waals surface area contributed by atoms with Gasteiger partial charge in [0.1, 0.15) is 30.3 Å². The first-order chi connectivity index (χ1) is 13.8. The Morgan fingerprint density at radius 1 is 1.31 bits per heavy atom. The number of piperidine rings is 1. The molecule has 29 heavy (non-hydrogen) atoms. The van der Waals surface area contributed by atoms with E-state index in [0.717, 1.165) is 24.8 Å². The van der Waals surface area contributed by atoms with E-state index in [0.29, 0.717) is 12.3 Å². The smallest absolute Gasteiger partial charge is 0.329 e. The Hall–Kier alpha value is -2.32. The highest BCUT2D eigenvalue weighted by atomic mass is 16.5. The summed E-state index contributed by atoms with van der Waals surface area (Å²) >= 11 is 0. The number of aromatic hydroxyl groups is 1. The van der Waals surface area contributed by atoms with Gasteiger partial charge in [0, 0.05) is 24.1 Å². The molecule has 3 aliphatic heterocycles. The van der Waals surface area contributed by atoms with Crippen LogP contribution in [0.25, 0.3) is 0 Å². The number of hydrogen-bond donors (Lipinski definition) is 2. The minimum absolute atomic E-state index is 0.0362. The van der Waals surface area contributed by atoms with E-state index < -0.39 is 18.2 Å². The molecule has 2 N–H and O–H groups in total. The van der Waals surface area contributed by atoms with Gasteiger partial charge in [-0.2, -0.15) is 0 Å². The van der Waals surface area contributed by atoms with Crippen LogP contribution < -0.4 is 4.74 Å². The van der Waals surface area contributed by atoms with Crippen molar-refractivity contribution in [3.63, 3.8) is 0 Å². The number of carboxylic acid groups (broad SMARTS) is 1.